The van der Waals surface area contributed by atoms with Crippen molar-refractivity contribution in [2.75, 3.05) is 0 Å². The number of carbonyl (C=O) groups excluding carboxylic acids is 1. The second-order valence-corrected chi connectivity index (χ2v) is 3.32. The molecule has 70 valence electrons. The first-order valence-corrected chi connectivity index (χ1v) is 4.43. The van der Waals surface area contributed by atoms with Gasteiger partial charge < -0.3 is 4.74 Å². The van der Waals surface area contributed by atoms with E-state index >= 15 is 0 Å². The molecule has 2 heterocycles. The lowest BCUT2D eigenvalue weighted by Crippen LogP contribution is -2.35. The van der Waals surface area contributed by atoms with Gasteiger partial charge in [-0.05, 0) is 5.56 Å². The Morgan fingerprint density at radius 1 is 1.43 bits per heavy atom. The highest BCUT2D eigenvalue weighted by Crippen LogP contribution is 2.23. The van der Waals surface area contributed by atoms with E-state index in [1.54, 1.807) is 0 Å². The molecule has 0 aliphatic carbocycles. The van der Waals surface area contributed by atoms with Gasteiger partial charge in [-0.2, -0.15) is 5.10 Å². The number of hydrazone groups is 1. The number of amides is 1. The number of benzene rings is 1. The highest BCUT2D eigenvalue weighted by Gasteiger charge is 2.35. The lowest BCUT2D eigenvalue weighted by molar-refractivity contribution is -0.128. The first kappa shape index (κ1) is 7.70. The number of hydrogen-bond acceptors (Lipinski definition) is 3. The fourth-order valence-corrected chi connectivity index (χ4v) is 1.78. The van der Waals surface area contributed by atoms with E-state index in [-0.39, 0.29) is 5.91 Å². The molecule has 1 atom stereocenters. The summed E-state index contributed by atoms with van der Waals surface area (Å²) < 4.78 is 5.40. The quantitative estimate of drug-likeness (QED) is 0.641. The molecule has 3 rings (SSSR count). The highest BCUT2D eigenvalue weighted by atomic mass is 16.5. The van der Waals surface area contributed by atoms with Crippen LogP contribution in [0.4, 0.5) is 0 Å². The van der Waals surface area contributed by atoms with Gasteiger partial charge in [0.25, 0.3) is 5.91 Å². The van der Waals surface area contributed by atoms with E-state index in [4.69, 9.17) is 4.74 Å². The molecule has 2 aliphatic heterocycles. The molecule has 0 spiro atoms. The number of fused-ring (bicyclic) bond motifs is 3. The van der Waals surface area contributed by atoms with Crippen molar-refractivity contribution in [2.24, 2.45) is 5.10 Å². The summed E-state index contributed by atoms with van der Waals surface area (Å²) in [7, 11) is 0. The summed E-state index contributed by atoms with van der Waals surface area (Å²) in [6.07, 6.45) is -0.509. The molecule has 14 heavy (non-hydrogen) atoms. The molecule has 0 bridgehead atoms. The minimum atomic E-state index is -0.509. The summed E-state index contributed by atoms with van der Waals surface area (Å²) in [5.41, 5.74) is 5.23. The smallest absolute Gasteiger partial charge is 0.275 e. The van der Waals surface area contributed by atoms with Crippen LogP contribution < -0.4 is 5.43 Å². The monoisotopic (exact) mass is 188 g/mol. The Bertz CT molecular complexity index is 440. The molecule has 0 saturated heterocycles. The summed E-state index contributed by atoms with van der Waals surface area (Å²) in [5.74, 6) is -0.172. The van der Waals surface area contributed by atoms with Gasteiger partial charge in [-0.25, -0.2) is 5.43 Å². The standard InChI is InChI=1S/C10H8N2O2/c13-10-9-8(11-12-10)7-4-2-1-3-6(7)5-14-9/h1-4,9H,5H2,(H,12,13). The number of hydrogen-bond donors (Lipinski definition) is 1. The molecule has 1 N–H and O–H groups in total. The third-order valence-corrected chi connectivity index (χ3v) is 2.47. The molecular weight excluding hydrogens is 180 g/mol. The van der Waals surface area contributed by atoms with Crippen LogP contribution >= 0.6 is 0 Å². The molecule has 2 aliphatic rings. The predicted molar refractivity (Wildman–Crippen MR) is 49.7 cm³/mol. The first-order chi connectivity index (χ1) is 6.86. The van der Waals surface area contributed by atoms with E-state index in [1.165, 1.54) is 0 Å². The van der Waals surface area contributed by atoms with Gasteiger partial charge in [0, 0.05) is 5.56 Å². The molecule has 1 aromatic carbocycles. The zero-order valence-electron chi connectivity index (χ0n) is 7.36. The van der Waals surface area contributed by atoms with Crippen LogP contribution in [-0.2, 0) is 16.1 Å². The summed E-state index contributed by atoms with van der Waals surface area (Å²) in [6.45, 7) is 0.479. The normalized spacial score (nSPS) is 23.6. The fourth-order valence-electron chi connectivity index (χ4n) is 1.78. The van der Waals surface area contributed by atoms with Crippen molar-refractivity contribution < 1.29 is 9.53 Å². The lowest BCUT2D eigenvalue weighted by Gasteiger charge is -2.20. The molecule has 1 unspecified atom stereocenters. The Balaban J connectivity index is 2.15. The maximum absolute atomic E-state index is 11.3. The van der Waals surface area contributed by atoms with Gasteiger partial charge in [-0.1, -0.05) is 24.3 Å². The molecule has 4 nitrogen and oxygen atoms in total. The highest BCUT2D eigenvalue weighted by molar-refractivity contribution is 6.19. The van der Waals surface area contributed by atoms with Crippen LogP contribution in [0.15, 0.2) is 29.4 Å². The van der Waals surface area contributed by atoms with Gasteiger partial charge in [0.05, 0.1) is 6.61 Å². The Hall–Kier alpha value is -1.68. The van der Waals surface area contributed by atoms with Crippen molar-refractivity contribution in [3.05, 3.63) is 35.4 Å². The zero-order valence-corrected chi connectivity index (χ0v) is 7.36. The van der Waals surface area contributed by atoms with E-state index in [9.17, 15) is 4.79 Å². The number of ether oxygens (including phenoxy) is 1. The maximum atomic E-state index is 11.3. The van der Waals surface area contributed by atoms with Crippen LogP contribution in [0.1, 0.15) is 11.1 Å². The van der Waals surface area contributed by atoms with E-state index in [1.807, 2.05) is 24.3 Å². The topological polar surface area (TPSA) is 50.7 Å². The van der Waals surface area contributed by atoms with E-state index in [2.05, 4.69) is 10.5 Å². The molecule has 1 aromatic rings. The summed E-state index contributed by atoms with van der Waals surface area (Å²) in [6, 6.07) is 7.83. The van der Waals surface area contributed by atoms with Crippen LogP contribution in [0, 0.1) is 0 Å². The van der Waals surface area contributed by atoms with Crippen LogP contribution in [0.2, 0.25) is 0 Å². The number of carbonyl (C=O) groups is 1. The van der Waals surface area contributed by atoms with Crippen molar-refractivity contribution in [1.82, 2.24) is 5.43 Å². The van der Waals surface area contributed by atoms with Crippen LogP contribution in [0.5, 0.6) is 0 Å². The minimum absolute atomic E-state index is 0.172. The lowest BCUT2D eigenvalue weighted by atomic mass is 9.97. The SMILES string of the molecule is O=C1NN=C2c3ccccc3COC12. The predicted octanol–water partition coefficient (Wildman–Crippen LogP) is 0.419. The second kappa shape index (κ2) is 2.65. The second-order valence-electron chi connectivity index (χ2n) is 3.32. The van der Waals surface area contributed by atoms with Gasteiger partial charge in [0.1, 0.15) is 5.71 Å². The molecule has 0 saturated carbocycles. The summed E-state index contributed by atoms with van der Waals surface area (Å²) in [4.78, 5) is 11.3. The van der Waals surface area contributed by atoms with Gasteiger partial charge in [0.15, 0.2) is 6.10 Å². The van der Waals surface area contributed by atoms with E-state index in [0.717, 1.165) is 11.1 Å². The van der Waals surface area contributed by atoms with E-state index in [0.29, 0.717) is 12.3 Å². The van der Waals surface area contributed by atoms with Crippen molar-refractivity contribution >= 4 is 11.6 Å². The largest absolute Gasteiger partial charge is 0.357 e. The third kappa shape index (κ3) is 0.914. The van der Waals surface area contributed by atoms with Crippen molar-refractivity contribution in [2.45, 2.75) is 12.7 Å². The van der Waals surface area contributed by atoms with Crippen LogP contribution in [0.3, 0.4) is 0 Å². The summed E-state index contributed by atoms with van der Waals surface area (Å²) >= 11 is 0. The van der Waals surface area contributed by atoms with Gasteiger partial charge in [0.2, 0.25) is 0 Å². The van der Waals surface area contributed by atoms with Crippen molar-refractivity contribution in [3.63, 3.8) is 0 Å². The minimum Gasteiger partial charge on any atom is -0.357 e. The number of rotatable bonds is 0. The molecule has 1 amide bonds. The maximum Gasteiger partial charge on any atom is 0.275 e. The Kier molecular flexibility index (Phi) is 1.46. The zero-order chi connectivity index (χ0) is 9.54. The van der Waals surface area contributed by atoms with E-state index < -0.39 is 6.10 Å². The molecule has 0 fully saturated rings. The summed E-state index contributed by atoms with van der Waals surface area (Å²) in [5, 5.41) is 3.97. The number of nitrogens with one attached hydrogen (secondary N) is 1. The molecular formula is C10H8N2O2. The molecule has 0 radical (unpaired) electrons. The van der Waals surface area contributed by atoms with Crippen molar-refractivity contribution in [1.29, 1.82) is 0 Å². The average Bonchev–Trinajstić information content (AvgIpc) is 2.61. The van der Waals surface area contributed by atoms with Crippen LogP contribution in [-0.4, -0.2) is 17.7 Å². The van der Waals surface area contributed by atoms with Gasteiger partial charge >= 0.3 is 0 Å². The van der Waals surface area contributed by atoms with Crippen molar-refractivity contribution in [3.8, 4) is 0 Å². The average molecular weight is 188 g/mol. The number of nitrogens with zero attached hydrogens (tertiary/aromatic N) is 1. The Labute approximate surface area is 80.6 Å². The van der Waals surface area contributed by atoms with Crippen LogP contribution in [0.25, 0.3) is 0 Å². The first-order valence-electron chi connectivity index (χ1n) is 4.43. The molecule has 0 aromatic heterocycles. The van der Waals surface area contributed by atoms with Gasteiger partial charge in [-0.15, -0.1) is 0 Å². The Morgan fingerprint density at radius 2 is 2.29 bits per heavy atom. The molecule has 4 heteroatoms. The third-order valence-electron chi connectivity index (χ3n) is 2.47. The van der Waals surface area contributed by atoms with Gasteiger partial charge in [-0.3, -0.25) is 4.79 Å². The Morgan fingerprint density at radius 3 is 3.21 bits per heavy atom. The fraction of sp³-hybridized carbons (Fsp3) is 0.200.